The molecule has 1 atom stereocenters. The molecule has 3 rings (SSSR count). The fraction of sp³-hybridized carbons (Fsp3) is 0.619. The number of nitrogens with one attached hydrogen (secondary N) is 2. The Morgan fingerprint density at radius 3 is 2.69 bits per heavy atom. The SMILES string of the molecule is CC(C)CC(=O)N1CCC2(CC1)NC(C(=O)NCCc1ccc(Cl)cc1Cl)CS2. The molecule has 2 aliphatic rings. The second-order valence-electron chi connectivity index (χ2n) is 8.26. The molecule has 2 fully saturated rings. The van der Waals surface area contributed by atoms with Crippen LogP contribution in [0.4, 0.5) is 0 Å². The van der Waals surface area contributed by atoms with Crippen LogP contribution in [0.15, 0.2) is 18.2 Å². The van der Waals surface area contributed by atoms with Gasteiger partial charge in [0.15, 0.2) is 0 Å². The summed E-state index contributed by atoms with van der Waals surface area (Å²) >= 11 is 13.9. The molecule has 2 aliphatic heterocycles. The van der Waals surface area contributed by atoms with E-state index in [1.54, 1.807) is 6.07 Å². The molecule has 1 unspecified atom stereocenters. The second-order valence-corrected chi connectivity index (χ2v) is 10.5. The van der Waals surface area contributed by atoms with E-state index in [0.717, 1.165) is 37.2 Å². The van der Waals surface area contributed by atoms with Gasteiger partial charge in [-0.3, -0.25) is 14.9 Å². The monoisotopic (exact) mass is 457 g/mol. The number of carbonyl (C=O) groups is 2. The highest BCUT2D eigenvalue weighted by molar-refractivity contribution is 8.01. The molecule has 0 saturated carbocycles. The molecule has 2 amide bonds. The maximum Gasteiger partial charge on any atom is 0.238 e. The molecule has 1 aromatic rings. The fourth-order valence-electron chi connectivity index (χ4n) is 3.84. The Labute approximate surface area is 187 Å². The van der Waals surface area contributed by atoms with Crippen molar-refractivity contribution in [3.8, 4) is 0 Å². The number of piperidine rings is 1. The van der Waals surface area contributed by atoms with Crippen LogP contribution < -0.4 is 10.6 Å². The zero-order valence-corrected chi connectivity index (χ0v) is 19.3. The van der Waals surface area contributed by atoms with Gasteiger partial charge >= 0.3 is 0 Å². The minimum absolute atomic E-state index is 0.0257. The zero-order valence-electron chi connectivity index (χ0n) is 17.0. The van der Waals surface area contributed by atoms with E-state index in [4.69, 9.17) is 23.2 Å². The van der Waals surface area contributed by atoms with Crippen LogP contribution in [0.25, 0.3) is 0 Å². The third kappa shape index (κ3) is 6.03. The van der Waals surface area contributed by atoms with E-state index in [-0.39, 0.29) is 22.7 Å². The summed E-state index contributed by atoms with van der Waals surface area (Å²) in [5.74, 6) is 1.41. The summed E-state index contributed by atoms with van der Waals surface area (Å²) in [4.78, 5) is 26.8. The Bertz CT molecular complexity index is 751. The molecule has 0 aliphatic carbocycles. The lowest BCUT2D eigenvalue weighted by Gasteiger charge is -2.39. The molecule has 160 valence electrons. The Morgan fingerprint density at radius 2 is 2.03 bits per heavy atom. The Morgan fingerprint density at radius 1 is 1.31 bits per heavy atom. The van der Waals surface area contributed by atoms with Gasteiger partial charge in [0.05, 0.1) is 10.9 Å². The van der Waals surface area contributed by atoms with Crippen molar-refractivity contribution < 1.29 is 9.59 Å². The van der Waals surface area contributed by atoms with Gasteiger partial charge in [-0.1, -0.05) is 43.1 Å². The summed E-state index contributed by atoms with van der Waals surface area (Å²) in [7, 11) is 0. The quantitative estimate of drug-likeness (QED) is 0.682. The van der Waals surface area contributed by atoms with E-state index in [1.165, 1.54) is 0 Å². The average Bonchev–Trinajstić information content (AvgIpc) is 3.07. The summed E-state index contributed by atoms with van der Waals surface area (Å²) in [6, 6.07) is 5.22. The van der Waals surface area contributed by atoms with E-state index in [9.17, 15) is 9.59 Å². The maximum absolute atomic E-state index is 12.6. The first-order valence-electron chi connectivity index (χ1n) is 10.2. The molecule has 5 nitrogen and oxygen atoms in total. The van der Waals surface area contributed by atoms with Gasteiger partial charge in [0.1, 0.15) is 0 Å². The maximum atomic E-state index is 12.6. The molecule has 2 saturated heterocycles. The van der Waals surface area contributed by atoms with Crippen molar-refractivity contribution >= 4 is 46.8 Å². The van der Waals surface area contributed by atoms with Crippen LogP contribution in [-0.4, -0.2) is 53.0 Å². The second kappa shape index (κ2) is 9.90. The largest absolute Gasteiger partial charge is 0.354 e. The number of carbonyl (C=O) groups excluding carboxylic acids is 2. The van der Waals surface area contributed by atoms with E-state index in [0.29, 0.717) is 35.3 Å². The molecule has 0 bridgehead atoms. The molecule has 2 heterocycles. The van der Waals surface area contributed by atoms with Gasteiger partial charge in [-0.2, -0.15) is 0 Å². The lowest BCUT2D eigenvalue weighted by molar-refractivity contribution is -0.133. The molecule has 8 heteroatoms. The van der Waals surface area contributed by atoms with Crippen LogP contribution in [-0.2, 0) is 16.0 Å². The summed E-state index contributed by atoms with van der Waals surface area (Å²) in [6.07, 6.45) is 3.03. The van der Waals surface area contributed by atoms with E-state index < -0.39 is 0 Å². The predicted molar refractivity (Wildman–Crippen MR) is 121 cm³/mol. The van der Waals surface area contributed by atoms with Crippen molar-refractivity contribution in [1.82, 2.24) is 15.5 Å². The molecule has 29 heavy (non-hydrogen) atoms. The molecule has 2 N–H and O–H groups in total. The number of benzene rings is 1. The van der Waals surface area contributed by atoms with Gasteiger partial charge in [-0.25, -0.2) is 0 Å². The van der Waals surface area contributed by atoms with Gasteiger partial charge in [-0.15, -0.1) is 11.8 Å². The lowest BCUT2D eigenvalue weighted by atomic mass is 10.0. The van der Waals surface area contributed by atoms with Crippen molar-refractivity contribution in [3.05, 3.63) is 33.8 Å². The third-order valence-corrected chi connectivity index (χ3v) is 7.66. The van der Waals surface area contributed by atoms with E-state index in [1.807, 2.05) is 28.8 Å². The number of hydrogen-bond acceptors (Lipinski definition) is 4. The van der Waals surface area contributed by atoms with Crippen LogP contribution in [0.1, 0.15) is 38.7 Å². The summed E-state index contributed by atoms with van der Waals surface area (Å²) in [5.41, 5.74) is 0.972. The summed E-state index contributed by atoms with van der Waals surface area (Å²) < 4.78 is 0. The molecular formula is C21H29Cl2N3O2S. The lowest BCUT2D eigenvalue weighted by Crippen LogP contribution is -2.54. The first-order valence-corrected chi connectivity index (χ1v) is 11.9. The smallest absolute Gasteiger partial charge is 0.238 e. The third-order valence-electron chi connectivity index (χ3n) is 5.50. The summed E-state index contributed by atoms with van der Waals surface area (Å²) in [6.45, 7) is 6.20. The van der Waals surface area contributed by atoms with Gasteiger partial charge in [-0.05, 0) is 42.9 Å². The van der Waals surface area contributed by atoms with Crippen molar-refractivity contribution in [2.75, 3.05) is 25.4 Å². The highest BCUT2D eigenvalue weighted by atomic mass is 35.5. The number of nitrogens with zero attached hydrogens (tertiary/aromatic N) is 1. The van der Waals surface area contributed by atoms with Gasteiger partial charge in [0.25, 0.3) is 0 Å². The molecule has 0 aromatic heterocycles. The first kappa shape index (κ1) is 22.7. The van der Waals surface area contributed by atoms with Crippen molar-refractivity contribution in [2.24, 2.45) is 5.92 Å². The summed E-state index contributed by atoms with van der Waals surface area (Å²) in [5, 5.41) is 7.79. The highest BCUT2D eigenvalue weighted by Crippen LogP contribution is 2.39. The topological polar surface area (TPSA) is 61.4 Å². The average molecular weight is 458 g/mol. The molecule has 1 aromatic carbocycles. The van der Waals surface area contributed by atoms with Crippen LogP contribution in [0.5, 0.6) is 0 Å². The number of likely N-dealkylation sites (tertiary alicyclic amines) is 1. The number of hydrogen-bond donors (Lipinski definition) is 2. The number of halogens is 2. The minimum atomic E-state index is -0.196. The number of rotatable bonds is 6. The fourth-order valence-corrected chi connectivity index (χ4v) is 5.76. The van der Waals surface area contributed by atoms with Crippen LogP contribution in [0, 0.1) is 5.92 Å². The van der Waals surface area contributed by atoms with E-state index in [2.05, 4.69) is 24.5 Å². The van der Waals surface area contributed by atoms with Crippen molar-refractivity contribution in [3.63, 3.8) is 0 Å². The van der Waals surface area contributed by atoms with Gasteiger partial charge < -0.3 is 10.2 Å². The van der Waals surface area contributed by atoms with Gasteiger partial charge in [0, 0.05) is 41.9 Å². The minimum Gasteiger partial charge on any atom is -0.354 e. The van der Waals surface area contributed by atoms with Crippen LogP contribution in [0.3, 0.4) is 0 Å². The molecule has 0 radical (unpaired) electrons. The number of amides is 2. The Hall–Kier alpha value is -0.950. The predicted octanol–water partition coefficient (Wildman–Crippen LogP) is 3.72. The normalized spacial score (nSPS) is 21.0. The van der Waals surface area contributed by atoms with Gasteiger partial charge in [0.2, 0.25) is 11.8 Å². The Kier molecular flexibility index (Phi) is 7.76. The standard InChI is InChI=1S/C21H29Cl2N3O2S/c1-14(2)11-19(27)26-9-6-21(7-10-26)25-18(13-29-21)20(28)24-8-5-15-3-4-16(22)12-17(15)23/h3-4,12,14,18,25H,5-11,13H2,1-2H3,(H,24,28). The van der Waals surface area contributed by atoms with Crippen LogP contribution in [0.2, 0.25) is 10.0 Å². The van der Waals surface area contributed by atoms with Crippen LogP contribution >= 0.6 is 35.0 Å². The molecular weight excluding hydrogens is 429 g/mol. The highest BCUT2D eigenvalue weighted by Gasteiger charge is 2.44. The Balaban J connectivity index is 1.43. The van der Waals surface area contributed by atoms with E-state index >= 15 is 0 Å². The van der Waals surface area contributed by atoms with Crippen molar-refractivity contribution in [2.45, 2.75) is 50.4 Å². The number of thioether (sulfide) groups is 1. The molecule has 1 spiro atoms. The first-order chi connectivity index (χ1) is 13.8. The zero-order chi connectivity index (χ0) is 21.0. The van der Waals surface area contributed by atoms with Crippen molar-refractivity contribution in [1.29, 1.82) is 0 Å².